The lowest BCUT2D eigenvalue weighted by Gasteiger charge is -2.13. The van der Waals surface area contributed by atoms with Crippen LogP contribution in [-0.4, -0.2) is 30.2 Å². The molecule has 0 aliphatic carbocycles. The maximum Gasteiger partial charge on any atom is 0.335 e. The van der Waals surface area contributed by atoms with E-state index in [4.69, 9.17) is 37.8 Å². The molecule has 2 rings (SSSR count). The first-order chi connectivity index (χ1) is 13.4. The van der Waals surface area contributed by atoms with Crippen molar-refractivity contribution in [1.29, 1.82) is 0 Å². The van der Waals surface area contributed by atoms with Crippen LogP contribution in [0.4, 0.5) is 5.69 Å². The number of aromatic carboxylic acids is 1. The molecule has 0 saturated carbocycles. The quantitative estimate of drug-likeness (QED) is 0.505. The van der Waals surface area contributed by atoms with Crippen LogP contribution in [0.3, 0.4) is 0 Å². The summed E-state index contributed by atoms with van der Waals surface area (Å²) in [5.74, 6) is -0.416. The Kier molecular flexibility index (Phi) is 8.42. The normalized spacial score (nSPS) is 10.4. The van der Waals surface area contributed by atoms with Gasteiger partial charge in [0.15, 0.2) is 0 Å². The van der Waals surface area contributed by atoms with Gasteiger partial charge in [-0.1, -0.05) is 30.1 Å². The molecule has 28 heavy (non-hydrogen) atoms. The molecule has 6 nitrogen and oxygen atoms in total. The van der Waals surface area contributed by atoms with Crippen LogP contribution in [0.2, 0.25) is 10.0 Å². The monoisotopic (exact) mass is 425 g/mol. The van der Waals surface area contributed by atoms with Crippen molar-refractivity contribution in [2.24, 2.45) is 0 Å². The number of carboxylic acid groups (broad SMARTS) is 1. The van der Waals surface area contributed by atoms with Gasteiger partial charge in [-0.2, -0.15) is 0 Å². The number of halogens is 2. The summed E-state index contributed by atoms with van der Waals surface area (Å²) >= 11 is 11.9. The number of amides is 1. The highest BCUT2D eigenvalue weighted by Crippen LogP contribution is 2.28. The Bertz CT molecular complexity index is 841. The van der Waals surface area contributed by atoms with E-state index < -0.39 is 5.97 Å². The van der Waals surface area contributed by atoms with Crippen LogP contribution in [-0.2, 0) is 4.79 Å². The average molecular weight is 426 g/mol. The topological polar surface area (TPSA) is 84.9 Å². The first-order valence-corrected chi connectivity index (χ1v) is 9.54. The molecule has 0 unspecified atom stereocenters. The lowest BCUT2D eigenvalue weighted by atomic mass is 10.1. The fourth-order valence-corrected chi connectivity index (χ4v) is 2.78. The van der Waals surface area contributed by atoms with Crippen molar-refractivity contribution in [3.05, 3.63) is 52.0 Å². The van der Waals surface area contributed by atoms with Crippen molar-refractivity contribution >= 4 is 40.8 Å². The Morgan fingerprint density at radius 1 is 1.04 bits per heavy atom. The SMILES string of the molecule is CCCOc1ccc(C(=O)O)cc1NC(=O)CCCOc1ccc(Cl)cc1Cl. The molecular formula is C20H21Cl2NO5. The number of benzene rings is 2. The predicted octanol–water partition coefficient (Wildman–Crippen LogP) is 5.28. The molecule has 0 saturated heterocycles. The second-order valence-electron chi connectivity index (χ2n) is 5.94. The standard InChI is InChI=1S/C20H21Cl2NO5/c1-2-9-27-18-7-5-13(20(25)26)11-16(18)23-19(24)4-3-10-28-17-8-6-14(21)12-15(17)22/h5-8,11-12H,2-4,9-10H2,1H3,(H,23,24)(H,25,26). The largest absolute Gasteiger partial charge is 0.492 e. The Morgan fingerprint density at radius 3 is 2.43 bits per heavy atom. The number of carbonyl (C=O) groups excluding carboxylic acids is 1. The van der Waals surface area contributed by atoms with Crippen molar-refractivity contribution in [2.45, 2.75) is 26.2 Å². The molecule has 0 radical (unpaired) electrons. The van der Waals surface area contributed by atoms with Crippen LogP contribution in [0.5, 0.6) is 11.5 Å². The lowest BCUT2D eigenvalue weighted by Crippen LogP contribution is -2.14. The number of nitrogens with one attached hydrogen (secondary N) is 1. The van der Waals surface area contributed by atoms with Crippen LogP contribution in [0.25, 0.3) is 0 Å². The van der Waals surface area contributed by atoms with Gasteiger partial charge in [0.2, 0.25) is 5.91 Å². The minimum atomic E-state index is -1.08. The molecule has 8 heteroatoms. The highest BCUT2D eigenvalue weighted by atomic mass is 35.5. The van der Waals surface area contributed by atoms with E-state index in [1.54, 1.807) is 24.3 Å². The van der Waals surface area contributed by atoms with Crippen LogP contribution in [0.1, 0.15) is 36.5 Å². The van der Waals surface area contributed by atoms with E-state index in [2.05, 4.69) is 5.32 Å². The summed E-state index contributed by atoms with van der Waals surface area (Å²) in [5, 5.41) is 12.8. The molecule has 1 amide bonds. The highest BCUT2D eigenvalue weighted by molar-refractivity contribution is 6.35. The van der Waals surface area contributed by atoms with Crippen molar-refractivity contribution in [3.63, 3.8) is 0 Å². The Labute approximate surface area is 173 Å². The smallest absolute Gasteiger partial charge is 0.335 e. The van der Waals surface area contributed by atoms with E-state index in [1.807, 2.05) is 6.92 Å². The number of carboxylic acids is 1. The summed E-state index contributed by atoms with van der Waals surface area (Å²) in [5.41, 5.74) is 0.403. The van der Waals surface area contributed by atoms with Gasteiger partial charge in [-0.15, -0.1) is 0 Å². The van der Waals surface area contributed by atoms with Crippen LogP contribution in [0, 0.1) is 0 Å². The molecule has 0 bridgehead atoms. The second kappa shape index (κ2) is 10.8. The second-order valence-corrected chi connectivity index (χ2v) is 6.78. The fourth-order valence-electron chi connectivity index (χ4n) is 2.32. The van der Waals surface area contributed by atoms with Gasteiger partial charge in [0.05, 0.1) is 29.5 Å². The summed E-state index contributed by atoms with van der Waals surface area (Å²) in [7, 11) is 0. The molecule has 0 fully saturated rings. The predicted molar refractivity (Wildman–Crippen MR) is 109 cm³/mol. The molecule has 0 spiro atoms. The zero-order valence-electron chi connectivity index (χ0n) is 15.3. The van der Waals surface area contributed by atoms with E-state index in [9.17, 15) is 9.59 Å². The summed E-state index contributed by atoms with van der Waals surface area (Å²) in [6, 6.07) is 9.28. The number of hydrogen-bond acceptors (Lipinski definition) is 4. The molecule has 2 aromatic carbocycles. The summed E-state index contributed by atoms with van der Waals surface area (Å²) in [6.45, 7) is 2.71. The van der Waals surface area contributed by atoms with E-state index >= 15 is 0 Å². The van der Waals surface area contributed by atoms with Gasteiger partial charge in [0.1, 0.15) is 11.5 Å². The third-order valence-corrected chi connectivity index (χ3v) is 4.19. The van der Waals surface area contributed by atoms with E-state index in [0.29, 0.717) is 46.9 Å². The first-order valence-electron chi connectivity index (χ1n) is 8.78. The van der Waals surface area contributed by atoms with Gasteiger partial charge in [-0.05, 0) is 49.2 Å². The number of hydrogen-bond donors (Lipinski definition) is 2. The Balaban J connectivity index is 1.90. The molecule has 2 N–H and O–H groups in total. The molecule has 0 aromatic heterocycles. The Hall–Kier alpha value is -2.44. The summed E-state index contributed by atoms with van der Waals surface area (Å²) < 4.78 is 11.1. The number of anilines is 1. The zero-order valence-corrected chi connectivity index (χ0v) is 16.8. The van der Waals surface area contributed by atoms with Gasteiger partial charge in [0, 0.05) is 11.4 Å². The first kappa shape index (κ1) is 21.9. The molecule has 0 atom stereocenters. The number of carbonyl (C=O) groups is 2. The molecule has 0 heterocycles. The van der Waals surface area contributed by atoms with Gasteiger partial charge in [-0.3, -0.25) is 4.79 Å². The maximum atomic E-state index is 12.2. The van der Waals surface area contributed by atoms with Crippen molar-refractivity contribution < 1.29 is 24.2 Å². The van der Waals surface area contributed by atoms with Crippen molar-refractivity contribution in [2.75, 3.05) is 18.5 Å². The minimum absolute atomic E-state index is 0.0693. The molecule has 150 valence electrons. The summed E-state index contributed by atoms with van der Waals surface area (Å²) in [4.78, 5) is 23.4. The Morgan fingerprint density at radius 2 is 1.75 bits per heavy atom. The average Bonchev–Trinajstić information content (AvgIpc) is 2.65. The van der Waals surface area contributed by atoms with Crippen LogP contribution in [0.15, 0.2) is 36.4 Å². The van der Waals surface area contributed by atoms with Gasteiger partial charge in [-0.25, -0.2) is 4.79 Å². The van der Waals surface area contributed by atoms with E-state index in [1.165, 1.54) is 12.1 Å². The van der Waals surface area contributed by atoms with E-state index in [0.717, 1.165) is 6.42 Å². The molecule has 0 aliphatic heterocycles. The van der Waals surface area contributed by atoms with E-state index in [-0.39, 0.29) is 17.9 Å². The molecule has 0 aliphatic rings. The van der Waals surface area contributed by atoms with Gasteiger partial charge >= 0.3 is 5.97 Å². The highest BCUT2D eigenvalue weighted by Gasteiger charge is 2.12. The number of rotatable bonds is 10. The lowest BCUT2D eigenvalue weighted by molar-refractivity contribution is -0.116. The van der Waals surface area contributed by atoms with Crippen LogP contribution < -0.4 is 14.8 Å². The number of ether oxygens (including phenoxy) is 2. The van der Waals surface area contributed by atoms with Gasteiger partial charge < -0.3 is 19.9 Å². The maximum absolute atomic E-state index is 12.2. The third-order valence-electron chi connectivity index (χ3n) is 3.66. The van der Waals surface area contributed by atoms with Crippen LogP contribution >= 0.6 is 23.2 Å². The third kappa shape index (κ3) is 6.62. The van der Waals surface area contributed by atoms with Gasteiger partial charge in [0.25, 0.3) is 0 Å². The van der Waals surface area contributed by atoms with Crippen molar-refractivity contribution in [3.8, 4) is 11.5 Å². The summed E-state index contributed by atoms with van der Waals surface area (Å²) in [6.07, 6.45) is 1.43. The minimum Gasteiger partial charge on any atom is -0.492 e. The molecule has 2 aromatic rings. The van der Waals surface area contributed by atoms with Crippen molar-refractivity contribution in [1.82, 2.24) is 0 Å². The zero-order chi connectivity index (χ0) is 20.5. The molecular weight excluding hydrogens is 405 g/mol. The fraction of sp³-hybridized carbons (Fsp3) is 0.300.